The Hall–Kier alpha value is -3.31. The van der Waals surface area contributed by atoms with E-state index < -0.39 is 59.5 Å². The van der Waals surface area contributed by atoms with Gasteiger partial charge in [0.2, 0.25) is 0 Å². The molecule has 2 bridgehead atoms. The van der Waals surface area contributed by atoms with E-state index in [0.717, 1.165) is 15.3 Å². The average molecular weight is 881 g/mol. The Bertz CT molecular complexity index is 2020. The Morgan fingerprint density at radius 1 is 0.590 bits per heavy atom. The third kappa shape index (κ3) is 8.82. The second-order valence-electron chi connectivity index (χ2n) is 18.9. The number of rotatable bonds is 10. The van der Waals surface area contributed by atoms with Gasteiger partial charge in [-0.3, -0.25) is 0 Å². The summed E-state index contributed by atoms with van der Waals surface area (Å²) in [5.41, 5.74) is 0. The molecule has 3 saturated heterocycles. The molecular formula is C50H64O8SSi2. The molecule has 0 aliphatic carbocycles. The van der Waals surface area contributed by atoms with E-state index in [9.17, 15) is 15.3 Å². The third-order valence-corrected chi connectivity index (χ3v) is 24.0. The van der Waals surface area contributed by atoms with E-state index in [-0.39, 0.29) is 34.6 Å². The Labute approximate surface area is 368 Å². The fourth-order valence-electron chi connectivity index (χ4n) is 9.60. The highest BCUT2D eigenvalue weighted by Gasteiger charge is 2.58. The molecule has 0 amide bonds. The number of benzene rings is 4. The lowest BCUT2D eigenvalue weighted by Crippen LogP contribution is -2.70. The zero-order valence-electron chi connectivity index (χ0n) is 36.8. The van der Waals surface area contributed by atoms with Crippen LogP contribution in [0, 0.1) is 11.8 Å². The molecule has 5 aromatic rings. The molecular weight excluding hydrogens is 817 g/mol. The Morgan fingerprint density at radius 2 is 1.02 bits per heavy atom. The van der Waals surface area contributed by atoms with Gasteiger partial charge in [-0.05, 0) is 42.3 Å². The van der Waals surface area contributed by atoms with Crippen LogP contribution in [0.1, 0.15) is 66.4 Å². The summed E-state index contributed by atoms with van der Waals surface area (Å²) >= 11 is 1.59. The van der Waals surface area contributed by atoms with Gasteiger partial charge in [-0.15, -0.1) is 11.3 Å². The molecule has 4 aromatic carbocycles. The molecule has 61 heavy (non-hydrogen) atoms. The van der Waals surface area contributed by atoms with E-state index >= 15 is 0 Å². The first-order chi connectivity index (χ1) is 29.1. The van der Waals surface area contributed by atoms with Crippen LogP contribution in [-0.2, 0) is 23.1 Å². The number of hydrogen-bond acceptors (Lipinski definition) is 9. The summed E-state index contributed by atoms with van der Waals surface area (Å²) in [6, 6.07) is 45.8. The summed E-state index contributed by atoms with van der Waals surface area (Å²) in [4.78, 5) is 1.00. The first-order valence-electron chi connectivity index (χ1n) is 21.6. The predicted octanol–water partition coefficient (Wildman–Crippen LogP) is 6.81. The summed E-state index contributed by atoms with van der Waals surface area (Å²) in [6.07, 6.45) is -3.93. The maximum Gasteiger partial charge on any atom is 0.261 e. The van der Waals surface area contributed by atoms with Crippen molar-refractivity contribution in [3.05, 3.63) is 144 Å². The van der Waals surface area contributed by atoms with Gasteiger partial charge in [-0.2, -0.15) is 0 Å². The summed E-state index contributed by atoms with van der Waals surface area (Å²) < 4.78 is 32.7. The number of fused-ring (bicyclic) bond motifs is 2. The fraction of sp³-hybridized carbons (Fsp3) is 0.440. The largest absolute Gasteiger partial charge is 0.399 e. The minimum Gasteiger partial charge on any atom is -0.399 e. The van der Waals surface area contributed by atoms with E-state index in [1.165, 1.54) is 10.4 Å². The SMILES string of the molecule is CC1[C@H](O)C(O[Si](c2ccccc2)(c2ccccc2)C(C)(C)C)[C@@H]2OC[C@H]1O2.CC1[C@H](O)C(O[Si](c2ccccc2)(c2ccccc2)C(C)(C)C)[C@H](c2cccs2)O[C@@H]1CO. The topological polar surface area (TPSA) is 107 Å². The summed E-state index contributed by atoms with van der Waals surface area (Å²) in [5, 5.41) is 38.9. The van der Waals surface area contributed by atoms with E-state index in [1.54, 1.807) is 11.3 Å². The van der Waals surface area contributed by atoms with Gasteiger partial charge < -0.3 is 38.4 Å². The highest BCUT2D eigenvalue weighted by atomic mass is 32.1. The lowest BCUT2D eigenvalue weighted by atomic mass is 9.88. The van der Waals surface area contributed by atoms with Gasteiger partial charge in [0.05, 0.1) is 37.6 Å². The molecule has 8 nitrogen and oxygen atoms in total. The minimum atomic E-state index is -2.89. The standard InChI is InChI=1S/C27H34O4SSi.C23H30O4Si/c1-19-22(18-28)30-25(23-16-11-17-32-23)26(24(19)29)31-33(27(2,3)4,20-12-7-5-8-13-20)21-14-9-6-10-15-21;1-16-19-15-25-22(26-19)21(20(16)24)27-28(23(2,3)4,17-11-7-5-8-12-17)18-13-9-6-10-14-18/h5-17,19,22,24-26,28-29H,18H2,1-4H3;5-14,16,19-22,24H,15H2,1-4H3/t19?,22-,24+,25+,26?;16?,19-,20+,21?,22-/m11/s1. The molecule has 3 fully saturated rings. The van der Waals surface area contributed by atoms with Crippen LogP contribution in [0.4, 0.5) is 0 Å². The molecule has 4 heterocycles. The monoisotopic (exact) mass is 880 g/mol. The van der Waals surface area contributed by atoms with Crippen molar-refractivity contribution >= 4 is 48.7 Å². The molecule has 8 rings (SSSR count). The van der Waals surface area contributed by atoms with Gasteiger partial charge in [-0.1, -0.05) is 183 Å². The Kier molecular flexibility index (Phi) is 14.1. The average Bonchev–Trinajstić information content (AvgIpc) is 3.97. The molecule has 4 unspecified atom stereocenters. The maximum atomic E-state index is 11.5. The van der Waals surface area contributed by atoms with Crippen molar-refractivity contribution in [2.45, 2.75) is 114 Å². The molecule has 3 N–H and O–H groups in total. The summed E-state index contributed by atoms with van der Waals surface area (Å²) in [5.74, 6) is -0.281. The van der Waals surface area contributed by atoms with Gasteiger partial charge in [0.15, 0.2) is 6.29 Å². The predicted molar refractivity (Wildman–Crippen MR) is 249 cm³/mol. The van der Waals surface area contributed by atoms with E-state index in [4.69, 9.17) is 23.1 Å². The molecule has 10 atom stereocenters. The third-order valence-electron chi connectivity index (χ3n) is 13.0. The van der Waals surface area contributed by atoms with Gasteiger partial charge in [0.1, 0.15) is 18.3 Å². The molecule has 1 aromatic heterocycles. The van der Waals surface area contributed by atoms with Crippen LogP contribution < -0.4 is 20.7 Å². The van der Waals surface area contributed by atoms with E-state index in [0.29, 0.717) is 6.61 Å². The van der Waals surface area contributed by atoms with Crippen LogP contribution in [-0.4, -0.2) is 88.1 Å². The highest BCUT2D eigenvalue weighted by molar-refractivity contribution is 7.10. The van der Waals surface area contributed by atoms with Gasteiger partial charge >= 0.3 is 0 Å². The van der Waals surface area contributed by atoms with Crippen LogP contribution in [0.2, 0.25) is 10.1 Å². The van der Waals surface area contributed by atoms with Gasteiger partial charge in [0.25, 0.3) is 16.6 Å². The minimum absolute atomic E-state index is 0.0260. The number of ether oxygens (including phenoxy) is 3. The van der Waals surface area contributed by atoms with Crippen molar-refractivity contribution in [3.63, 3.8) is 0 Å². The van der Waals surface area contributed by atoms with E-state index in [2.05, 4.69) is 139 Å². The van der Waals surface area contributed by atoms with Crippen LogP contribution >= 0.6 is 11.3 Å². The normalized spacial score (nSPS) is 28.2. The van der Waals surface area contributed by atoms with E-state index in [1.807, 2.05) is 55.6 Å². The highest BCUT2D eigenvalue weighted by Crippen LogP contribution is 2.45. The summed E-state index contributed by atoms with van der Waals surface area (Å²) in [6.45, 7) is 17.7. The number of aliphatic hydroxyl groups is 3. The van der Waals surface area contributed by atoms with Crippen molar-refractivity contribution in [3.8, 4) is 0 Å². The van der Waals surface area contributed by atoms with Crippen molar-refractivity contribution in [1.82, 2.24) is 0 Å². The van der Waals surface area contributed by atoms with Crippen molar-refractivity contribution in [1.29, 1.82) is 0 Å². The molecule has 0 radical (unpaired) electrons. The Balaban J connectivity index is 0.000000186. The molecule has 3 aliphatic rings. The molecule has 0 spiro atoms. The van der Waals surface area contributed by atoms with Gasteiger partial charge in [0, 0.05) is 16.7 Å². The lowest BCUT2D eigenvalue weighted by Gasteiger charge is -2.50. The second kappa shape index (κ2) is 18.8. The maximum absolute atomic E-state index is 11.5. The zero-order valence-corrected chi connectivity index (χ0v) is 39.6. The van der Waals surface area contributed by atoms with Crippen LogP contribution in [0.5, 0.6) is 0 Å². The van der Waals surface area contributed by atoms with Gasteiger partial charge in [-0.25, -0.2) is 0 Å². The first kappa shape index (κ1) is 45.7. The fourth-order valence-corrected chi connectivity index (χ4v) is 19.8. The molecule has 3 aliphatic heterocycles. The Morgan fingerprint density at radius 3 is 1.41 bits per heavy atom. The quantitative estimate of drug-likeness (QED) is 0.132. The lowest BCUT2D eigenvalue weighted by molar-refractivity contribution is -0.204. The van der Waals surface area contributed by atoms with Crippen LogP contribution in [0.25, 0.3) is 0 Å². The molecule has 0 saturated carbocycles. The second-order valence-corrected chi connectivity index (χ2v) is 28.3. The number of aliphatic hydroxyl groups excluding tert-OH is 3. The molecule has 11 heteroatoms. The molecule has 326 valence electrons. The van der Waals surface area contributed by atoms with Crippen molar-refractivity contribution in [2.75, 3.05) is 13.2 Å². The van der Waals surface area contributed by atoms with Crippen LogP contribution in [0.3, 0.4) is 0 Å². The number of hydrogen-bond donors (Lipinski definition) is 3. The smallest absolute Gasteiger partial charge is 0.261 e. The first-order valence-corrected chi connectivity index (χ1v) is 26.3. The van der Waals surface area contributed by atoms with Crippen molar-refractivity contribution in [2.24, 2.45) is 11.8 Å². The van der Waals surface area contributed by atoms with Crippen LogP contribution in [0.15, 0.2) is 139 Å². The summed E-state index contributed by atoms with van der Waals surface area (Å²) in [7, 11) is -5.66. The van der Waals surface area contributed by atoms with Crippen molar-refractivity contribution < 1.29 is 38.4 Å². The number of thiophene rings is 1. The zero-order chi connectivity index (χ0) is 43.6.